The second-order valence-electron chi connectivity index (χ2n) is 5.60. The third-order valence-electron chi connectivity index (χ3n) is 3.84. The fourth-order valence-electron chi connectivity index (χ4n) is 2.31. The highest BCUT2D eigenvalue weighted by Crippen LogP contribution is 2.46. The zero-order valence-corrected chi connectivity index (χ0v) is 12.8. The van der Waals surface area contributed by atoms with Gasteiger partial charge in [0.15, 0.2) is 0 Å². The molecule has 5 nitrogen and oxygen atoms in total. The highest BCUT2D eigenvalue weighted by molar-refractivity contribution is 6.13. The number of methoxy groups -OCH3 is 1. The zero-order chi connectivity index (χ0) is 15.5. The number of carbonyl (C=O) groups is 2. The maximum Gasteiger partial charge on any atom is 0.240 e. The van der Waals surface area contributed by atoms with Gasteiger partial charge in [-0.1, -0.05) is 17.7 Å². The highest BCUT2D eigenvalue weighted by atomic mass is 16.5. The largest absolute Gasteiger partial charge is 0.383 e. The van der Waals surface area contributed by atoms with E-state index in [0.29, 0.717) is 26.0 Å². The molecule has 1 fully saturated rings. The molecular formula is C16H22N2O3. The van der Waals surface area contributed by atoms with Gasteiger partial charge in [0.25, 0.3) is 0 Å². The van der Waals surface area contributed by atoms with Gasteiger partial charge in [-0.25, -0.2) is 0 Å². The molecule has 21 heavy (non-hydrogen) atoms. The molecule has 0 aromatic heterocycles. The summed E-state index contributed by atoms with van der Waals surface area (Å²) in [5.74, 6) is -0.425. The van der Waals surface area contributed by atoms with Crippen LogP contribution in [0.5, 0.6) is 0 Å². The van der Waals surface area contributed by atoms with E-state index in [4.69, 9.17) is 4.74 Å². The van der Waals surface area contributed by atoms with Gasteiger partial charge in [0.2, 0.25) is 11.8 Å². The number of hydrogen-bond donors (Lipinski definition) is 2. The fraction of sp³-hybridized carbons (Fsp3) is 0.500. The van der Waals surface area contributed by atoms with Crippen molar-refractivity contribution in [1.29, 1.82) is 0 Å². The van der Waals surface area contributed by atoms with Crippen LogP contribution in [-0.4, -0.2) is 32.1 Å². The summed E-state index contributed by atoms with van der Waals surface area (Å²) >= 11 is 0. The third-order valence-corrected chi connectivity index (χ3v) is 3.84. The fourth-order valence-corrected chi connectivity index (χ4v) is 2.31. The van der Waals surface area contributed by atoms with Crippen LogP contribution in [0.15, 0.2) is 18.2 Å². The Kier molecular flexibility index (Phi) is 4.63. The summed E-state index contributed by atoms with van der Waals surface area (Å²) in [7, 11) is 1.58. The molecule has 1 saturated carbocycles. The Balaban J connectivity index is 2.00. The quantitative estimate of drug-likeness (QED) is 0.620. The highest BCUT2D eigenvalue weighted by Gasteiger charge is 2.56. The van der Waals surface area contributed by atoms with Gasteiger partial charge in [-0.2, -0.15) is 0 Å². The molecule has 1 aromatic rings. The normalized spacial score (nSPS) is 15.4. The molecule has 5 heteroatoms. The lowest BCUT2D eigenvalue weighted by Gasteiger charge is -2.16. The molecule has 1 aliphatic carbocycles. The summed E-state index contributed by atoms with van der Waals surface area (Å²) in [5, 5.41) is 5.63. The van der Waals surface area contributed by atoms with Gasteiger partial charge in [-0.05, 0) is 38.3 Å². The molecule has 2 rings (SSSR count). The van der Waals surface area contributed by atoms with Gasteiger partial charge < -0.3 is 15.4 Å². The number of ether oxygens (including phenoxy) is 1. The summed E-state index contributed by atoms with van der Waals surface area (Å²) in [4.78, 5) is 24.6. The first kappa shape index (κ1) is 15.5. The Bertz CT molecular complexity index is 550. The van der Waals surface area contributed by atoms with Crippen LogP contribution in [0.4, 0.5) is 5.69 Å². The maximum atomic E-state index is 12.4. The van der Waals surface area contributed by atoms with Crippen molar-refractivity contribution in [2.45, 2.75) is 26.7 Å². The van der Waals surface area contributed by atoms with Crippen molar-refractivity contribution in [2.75, 3.05) is 25.6 Å². The van der Waals surface area contributed by atoms with Crippen LogP contribution in [0, 0.1) is 19.3 Å². The van der Waals surface area contributed by atoms with Crippen molar-refractivity contribution in [3.8, 4) is 0 Å². The van der Waals surface area contributed by atoms with E-state index in [1.807, 2.05) is 32.0 Å². The smallest absolute Gasteiger partial charge is 0.240 e. The molecule has 1 aliphatic rings. The Morgan fingerprint density at radius 1 is 1.24 bits per heavy atom. The molecule has 0 bridgehead atoms. The number of hydrogen-bond acceptors (Lipinski definition) is 3. The van der Waals surface area contributed by atoms with Gasteiger partial charge in [0.05, 0.1) is 6.61 Å². The van der Waals surface area contributed by atoms with Gasteiger partial charge in [-0.15, -0.1) is 0 Å². The van der Waals surface area contributed by atoms with E-state index in [2.05, 4.69) is 10.6 Å². The summed E-state index contributed by atoms with van der Waals surface area (Å²) in [6.07, 6.45) is 1.20. The SMILES string of the molecule is COCCNC(=O)C1(C(=O)Nc2ccc(C)cc2C)CC1. The van der Waals surface area contributed by atoms with E-state index in [1.54, 1.807) is 7.11 Å². The molecule has 0 saturated heterocycles. The molecule has 0 heterocycles. The first-order chi connectivity index (χ1) is 9.99. The lowest BCUT2D eigenvalue weighted by molar-refractivity contribution is -0.134. The number of amides is 2. The maximum absolute atomic E-state index is 12.4. The van der Waals surface area contributed by atoms with E-state index in [0.717, 1.165) is 16.8 Å². The molecule has 2 N–H and O–H groups in total. The predicted molar refractivity (Wildman–Crippen MR) is 81.1 cm³/mol. The van der Waals surface area contributed by atoms with E-state index in [9.17, 15) is 9.59 Å². The summed E-state index contributed by atoms with van der Waals surface area (Å²) in [6, 6.07) is 5.83. The summed E-state index contributed by atoms with van der Waals surface area (Å²) in [5.41, 5.74) is 2.01. The summed E-state index contributed by atoms with van der Waals surface area (Å²) < 4.78 is 4.89. The summed E-state index contributed by atoms with van der Waals surface area (Å²) in [6.45, 7) is 4.82. The van der Waals surface area contributed by atoms with Gasteiger partial charge in [0.1, 0.15) is 5.41 Å². The van der Waals surface area contributed by atoms with E-state index in [1.165, 1.54) is 0 Å². The Morgan fingerprint density at radius 2 is 1.95 bits per heavy atom. The Morgan fingerprint density at radius 3 is 2.52 bits per heavy atom. The lowest BCUT2D eigenvalue weighted by Crippen LogP contribution is -2.41. The molecule has 0 aliphatic heterocycles. The molecule has 1 aromatic carbocycles. The van der Waals surface area contributed by atoms with Crippen LogP contribution < -0.4 is 10.6 Å². The monoisotopic (exact) mass is 290 g/mol. The average molecular weight is 290 g/mol. The van der Waals surface area contributed by atoms with E-state index < -0.39 is 5.41 Å². The van der Waals surface area contributed by atoms with Gasteiger partial charge in [-0.3, -0.25) is 9.59 Å². The Labute approximate surface area is 125 Å². The van der Waals surface area contributed by atoms with Crippen molar-refractivity contribution < 1.29 is 14.3 Å². The van der Waals surface area contributed by atoms with Crippen LogP contribution in [0.3, 0.4) is 0 Å². The minimum Gasteiger partial charge on any atom is -0.383 e. The third kappa shape index (κ3) is 3.42. The first-order valence-corrected chi connectivity index (χ1v) is 7.15. The van der Waals surface area contributed by atoms with Crippen molar-refractivity contribution in [3.05, 3.63) is 29.3 Å². The molecule has 2 amide bonds. The first-order valence-electron chi connectivity index (χ1n) is 7.15. The van der Waals surface area contributed by atoms with E-state index >= 15 is 0 Å². The zero-order valence-electron chi connectivity index (χ0n) is 12.8. The van der Waals surface area contributed by atoms with Crippen molar-refractivity contribution in [1.82, 2.24) is 5.32 Å². The second-order valence-corrected chi connectivity index (χ2v) is 5.60. The minimum absolute atomic E-state index is 0.207. The number of nitrogens with one attached hydrogen (secondary N) is 2. The second kappa shape index (κ2) is 6.26. The molecule has 0 atom stereocenters. The molecular weight excluding hydrogens is 268 g/mol. The van der Waals surface area contributed by atoms with Crippen molar-refractivity contribution in [2.24, 2.45) is 5.41 Å². The van der Waals surface area contributed by atoms with Crippen molar-refractivity contribution in [3.63, 3.8) is 0 Å². The van der Waals surface area contributed by atoms with Crippen LogP contribution >= 0.6 is 0 Å². The van der Waals surface area contributed by atoms with E-state index in [-0.39, 0.29) is 11.8 Å². The average Bonchev–Trinajstić information content (AvgIpc) is 3.23. The molecule has 0 unspecified atom stereocenters. The topological polar surface area (TPSA) is 67.4 Å². The molecule has 114 valence electrons. The standard InChI is InChI=1S/C16H22N2O3/c1-11-4-5-13(12(2)10-11)18-15(20)16(6-7-16)14(19)17-8-9-21-3/h4-5,10H,6-9H2,1-3H3,(H,17,19)(H,18,20). The van der Waals surface area contributed by atoms with Crippen LogP contribution in [-0.2, 0) is 14.3 Å². The number of aryl methyl sites for hydroxylation is 2. The lowest BCUT2D eigenvalue weighted by atomic mass is 10.0. The molecule has 0 radical (unpaired) electrons. The van der Waals surface area contributed by atoms with Gasteiger partial charge in [0, 0.05) is 19.3 Å². The van der Waals surface area contributed by atoms with Gasteiger partial charge >= 0.3 is 0 Å². The number of rotatable bonds is 6. The number of carbonyl (C=O) groups excluding carboxylic acids is 2. The number of benzene rings is 1. The number of anilines is 1. The van der Waals surface area contributed by atoms with Crippen molar-refractivity contribution >= 4 is 17.5 Å². The predicted octanol–water partition coefficient (Wildman–Crippen LogP) is 1.78. The van der Waals surface area contributed by atoms with Crippen LogP contribution in [0.2, 0.25) is 0 Å². The van der Waals surface area contributed by atoms with Crippen LogP contribution in [0.25, 0.3) is 0 Å². The minimum atomic E-state index is -0.898. The molecule has 0 spiro atoms. The van der Waals surface area contributed by atoms with Crippen LogP contribution in [0.1, 0.15) is 24.0 Å². The Hall–Kier alpha value is -1.88.